The van der Waals surface area contributed by atoms with E-state index >= 15 is 0 Å². The summed E-state index contributed by atoms with van der Waals surface area (Å²) in [6.07, 6.45) is 1.64. The lowest BCUT2D eigenvalue weighted by Crippen LogP contribution is -2.40. The summed E-state index contributed by atoms with van der Waals surface area (Å²) < 4.78 is 24.2. The highest BCUT2D eigenvalue weighted by molar-refractivity contribution is 5.91. The molecule has 3 rings (SSSR count). The van der Waals surface area contributed by atoms with Crippen molar-refractivity contribution in [3.63, 3.8) is 0 Å². The third kappa shape index (κ3) is 5.18. The summed E-state index contributed by atoms with van der Waals surface area (Å²) in [4.78, 5) is 24.7. The van der Waals surface area contributed by atoms with Gasteiger partial charge in [-0.2, -0.15) is 4.39 Å². The number of rotatable bonds is 6. The maximum Gasteiger partial charge on any atom is 0.405 e. The topological polar surface area (TPSA) is 109 Å². The molecule has 0 fully saturated rings. The second-order valence-electron chi connectivity index (χ2n) is 7.73. The molecule has 9 heteroatoms. The Labute approximate surface area is 167 Å². The first-order chi connectivity index (χ1) is 13.7. The van der Waals surface area contributed by atoms with Gasteiger partial charge in [0, 0.05) is 29.8 Å². The van der Waals surface area contributed by atoms with Crippen molar-refractivity contribution in [2.45, 2.75) is 39.4 Å². The van der Waals surface area contributed by atoms with E-state index in [1.807, 2.05) is 20.8 Å². The first-order valence-electron chi connectivity index (χ1n) is 9.12. The zero-order valence-electron chi connectivity index (χ0n) is 16.5. The monoisotopic (exact) mass is 402 g/mol. The van der Waals surface area contributed by atoms with Crippen molar-refractivity contribution in [2.75, 3.05) is 6.61 Å². The average Bonchev–Trinajstić information content (AvgIpc) is 3.13. The minimum absolute atomic E-state index is 0.202. The molecule has 3 heterocycles. The number of hydrogen-bond acceptors (Lipinski definition) is 7. The molecule has 0 spiro atoms. The standard InChI is InChI=1S/C20H23FN4O4/c1-20(2,3)18(28-19(22)26)14-9-13(29-25-14)11-27-15-5-4-8-23-17(15)12-6-7-16(21)24-10-12/h4-8,10,13,18H,9,11H2,1-3H3,(H2,22,26). The van der Waals surface area contributed by atoms with E-state index in [4.69, 9.17) is 20.0 Å². The third-order valence-corrected chi connectivity index (χ3v) is 4.28. The van der Waals surface area contributed by atoms with Crippen LogP contribution in [-0.2, 0) is 9.57 Å². The van der Waals surface area contributed by atoms with Gasteiger partial charge in [-0.25, -0.2) is 9.78 Å². The first kappa shape index (κ1) is 20.5. The summed E-state index contributed by atoms with van der Waals surface area (Å²) in [5.74, 6) is -0.0542. The Kier molecular flexibility index (Phi) is 5.95. The van der Waals surface area contributed by atoms with Gasteiger partial charge in [-0.05, 0) is 24.3 Å². The Morgan fingerprint density at radius 3 is 2.79 bits per heavy atom. The number of nitrogens with zero attached hydrogens (tertiary/aromatic N) is 3. The van der Waals surface area contributed by atoms with Crippen LogP contribution in [-0.4, -0.2) is 40.6 Å². The van der Waals surface area contributed by atoms with E-state index < -0.39 is 18.1 Å². The highest BCUT2D eigenvalue weighted by Gasteiger charge is 2.37. The van der Waals surface area contributed by atoms with Crippen LogP contribution in [0.1, 0.15) is 27.2 Å². The van der Waals surface area contributed by atoms with Crippen LogP contribution in [0, 0.1) is 11.4 Å². The molecule has 2 unspecified atom stereocenters. The van der Waals surface area contributed by atoms with Crippen LogP contribution in [0.4, 0.5) is 9.18 Å². The van der Waals surface area contributed by atoms with Gasteiger partial charge in [0.2, 0.25) is 5.95 Å². The van der Waals surface area contributed by atoms with Crippen LogP contribution in [0.15, 0.2) is 41.8 Å². The number of hydrogen-bond donors (Lipinski definition) is 1. The predicted octanol–water partition coefficient (Wildman–Crippen LogP) is 3.32. The van der Waals surface area contributed by atoms with Crippen molar-refractivity contribution >= 4 is 11.8 Å². The molecule has 2 aromatic rings. The van der Waals surface area contributed by atoms with Crippen LogP contribution in [0.5, 0.6) is 5.75 Å². The smallest absolute Gasteiger partial charge is 0.405 e. The Morgan fingerprint density at radius 1 is 1.34 bits per heavy atom. The van der Waals surface area contributed by atoms with Crippen molar-refractivity contribution in [1.82, 2.24) is 9.97 Å². The van der Waals surface area contributed by atoms with Gasteiger partial charge in [0.25, 0.3) is 0 Å². The molecule has 1 aliphatic rings. The lowest BCUT2D eigenvalue weighted by molar-refractivity contribution is 0.0469. The molecule has 0 saturated heterocycles. The van der Waals surface area contributed by atoms with E-state index in [9.17, 15) is 9.18 Å². The molecule has 0 bridgehead atoms. The van der Waals surface area contributed by atoms with Crippen LogP contribution in [0.2, 0.25) is 0 Å². The highest BCUT2D eigenvalue weighted by atomic mass is 19.1. The molecule has 8 nitrogen and oxygen atoms in total. The molecule has 2 N–H and O–H groups in total. The van der Waals surface area contributed by atoms with E-state index in [-0.39, 0.29) is 18.1 Å². The lowest BCUT2D eigenvalue weighted by atomic mass is 9.84. The number of amides is 1. The van der Waals surface area contributed by atoms with Gasteiger partial charge in [0.1, 0.15) is 29.9 Å². The Morgan fingerprint density at radius 2 is 2.14 bits per heavy atom. The van der Waals surface area contributed by atoms with Gasteiger partial charge < -0.3 is 20.0 Å². The van der Waals surface area contributed by atoms with E-state index in [1.54, 1.807) is 24.4 Å². The molecule has 1 amide bonds. The molecule has 0 aliphatic carbocycles. The second kappa shape index (κ2) is 8.42. The Bertz CT molecular complexity index is 896. The number of nitrogens with two attached hydrogens (primary N) is 1. The SMILES string of the molecule is CC(C)(C)C(OC(N)=O)C1=NOC(COc2cccnc2-c2ccc(F)nc2)C1. The maximum absolute atomic E-state index is 13.1. The summed E-state index contributed by atoms with van der Waals surface area (Å²) in [7, 11) is 0. The van der Waals surface area contributed by atoms with Gasteiger partial charge in [-0.15, -0.1) is 0 Å². The minimum atomic E-state index is -0.861. The number of pyridine rings is 2. The maximum atomic E-state index is 13.1. The van der Waals surface area contributed by atoms with Gasteiger partial charge in [-0.3, -0.25) is 4.98 Å². The highest BCUT2D eigenvalue weighted by Crippen LogP contribution is 2.30. The molecule has 0 aromatic carbocycles. The number of oxime groups is 1. The summed E-state index contributed by atoms with van der Waals surface area (Å²) in [6, 6.07) is 6.35. The van der Waals surface area contributed by atoms with Crippen molar-refractivity contribution in [1.29, 1.82) is 0 Å². The van der Waals surface area contributed by atoms with Crippen LogP contribution >= 0.6 is 0 Å². The van der Waals surface area contributed by atoms with E-state index in [0.29, 0.717) is 29.1 Å². The van der Waals surface area contributed by atoms with E-state index in [2.05, 4.69) is 15.1 Å². The molecular formula is C20H23FN4O4. The fraction of sp³-hybridized carbons (Fsp3) is 0.400. The van der Waals surface area contributed by atoms with Gasteiger partial charge in [0.15, 0.2) is 6.10 Å². The van der Waals surface area contributed by atoms with Gasteiger partial charge in [-0.1, -0.05) is 25.9 Å². The third-order valence-electron chi connectivity index (χ3n) is 4.28. The van der Waals surface area contributed by atoms with Crippen LogP contribution < -0.4 is 10.5 Å². The van der Waals surface area contributed by atoms with E-state index in [0.717, 1.165) is 0 Å². The molecule has 1 aliphatic heterocycles. The second-order valence-corrected chi connectivity index (χ2v) is 7.73. The van der Waals surface area contributed by atoms with E-state index in [1.165, 1.54) is 12.3 Å². The van der Waals surface area contributed by atoms with Crippen LogP contribution in [0.25, 0.3) is 11.3 Å². The van der Waals surface area contributed by atoms with Crippen LogP contribution in [0.3, 0.4) is 0 Å². The number of aromatic nitrogens is 2. The predicted molar refractivity (Wildman–Crippen MR) is 104 cm³/mol. The van der Waals surface area contributed by atoms with Crippen molar-refractivity contribution in [3.05, 3.63) is 42.6 Å². The number of primary amides is 1. The molecule has 0 radical (unpaired) electrons. The largest absolute Gasteiger partial charge is 0.487 e. The molecule has 2 aromatic heterocycles. The lowest BCUT2D eigenvalue weighted by Gasteiger charge is -2.28. The normalized spacial score (nSPS) is 17.2. The molecular weight excluding hydrogens is 379 g/mol. The Hall–Kier alpha value is -3.23. The first-order valence-corrected chi connectivity index (χ1v) is 9.12. The van der Waals surface area contributed by atoms with Crippen molar-refractivity contribution in [2.24, 2.45) is 16.3 Å². The fourth-order valence-corrected chi connectivity index (χ4v) is 2.98. The Balaban J connectivity index is 1.65. The van der Waals surface area contributed by atoms with Crippen molar-refractivity contribution in [3.8, 4) is 17.0 Å². The summed E-state index contributed by atoms with van der Waals surface area (Å²) in [6.45, 7) is 5.97. The zero-order valence-corrected chi connectivity index (χ0v) is 16.5. The number of carbonyl (C=O) groups is 1. The van der Waals surface area contributed by atoms with Gasteiger partial charge >= 0.3 is 6.09 Å². The molecule has 154 valence electrons. The average molecular weight is 402 g/mol. The summed E-state index contributed by atoms with van der Waals surface area (Å²) >= 11 is 0. The molecule has 2 atom stereocenters. The number of carbonyl (C=O) groups excluding carboxylic acids is 1. The molecule has 0 saturated carbocycles. The quantitative estimate of drug-likeness (QED) is 0.743. The molecule has 29 heavy (non-hydrogen) atoms. The number of ether oxygens (including phenoxy) is 2. The summed E-state index contributed by atoms with van der Waals surface area (Å²) in [5, 5.41) is 4.08. The zero-order chi connectivity index (χ0) is 21.0. The van der Waals surface area contributed by atoms with Gasteiger partial charge in [0.05, 0.1) is 0 Å². The summed E-state index contributed by atoms with van der Waals surface area (Å²) in [5.41, 5.74) is 6.58. The van der Waals surface area contributed by atoms with Crippen molar-refractivity contribution < 1.29 is 23.5 Å². The minimum Gasteiger partial charge on any atom is -0.487 e. The fourth-order valence-electron chi connectivity index (χ4n) is 2.98. The number of halogens is 1.